The molecule has 0 radical (unpaired) electrons. The molecule has 1 aromatic heterocycles. The number of nitrogens with zero attached hydrogens (tertiary/aromatic N) is 2. The van der Waals surface area contributed by atoms with Gasteiger partial charge < -0.3 is 15.3 Å². The first kappa shape index (κ1) is 12.1. The highest BCUT2D eigenvalue weighted by atomic mass is 16.5. The molecule has 0 aliphatic rings. The van der Waals surface area contributed by atoms with Crippen molar-refractivity contribution in [3.05, 3.63) is 42.0 Å². The van der Waals surface area contributed by atoms with Crippen LogP contribution in [0.5, 0.6) is 0 Å². The number of carbonyl (C=O) groups is 1. The molecule has 1 aromatic carbocycles. The van der Waals surface area contributed by atoms with Crippen LogP contribution in [0.25, 0.3) is 0 Å². The highest BCUT2D eigenvalue weighted by molar-refractivity contribution is 5.94. The molecule has 94 valence electrons. The van der Waals surface area contributed by atoms with Crippen LogP contribution in [0.1, 0.15) is 16.2 Å². The molecular weight excluding hydrogens is 234 g/mol. The lowest BCUT2D eigenvalue weighted by Crippen LogP contribution is -2.25. The summed E-state index contributed by atoms with van der Waals surface area (Å²) in [5.41, 5.74) is 3.82. The molecule has 2 aromatic rings. The van der Waals surface area contributed by atoms with E-state index in [4.69, 9.17) is 5.84 Å². The number of aromatic nitrogens is 2. The lowest BCUT2D eigenvalue weighted by Gasteiger charge is -2.04. The van der Waals surface area contributed by atoms with Crippen molar-refractivity contribution < 1.29 is 9.32 Å². The van der Waals surface area contributed by atoms with Crippen molar-refractivity contribution in [1.82, 2.24) is 15.5 Å². The lowest BCUT2D eigenvalue weighted by atomic mass is 10.2. The number of nitrogens with two attached hydrogens (primary N) is 1. The Hall–Kier alpha value is -2.41. The number of carbonyl (C=O) groups excluding carboxylic acids is 1. The molecule has 1 amide bonds. The summed E-state index contributed by atoms with van der Waals surface area (Å²) < 4.78 is 4.59. The minimum Gasteiger partial charge on any atom is -0.352 e. The predicted molar refractivity (Wildman–Crippen MR) is 64.6 cm³/mol. The zero-order chi connectivity index (χ0) is 12.8. The molecule has 0 saturated carbocycles. The van der Waals surface area contributed by atoms with E-state index in [1.807, 2.05) is 0 Å². The van der Waals surface area contributed by atoms with E-state index in [0.29, 0.717) is 24.4 Å². The van der Waals surface area contributed by atoms with Crippen molar-refractivity contribution in [2.75, 3.05) is 12.0 Å². The molecule has 0 spiro atoms. The van der Waals surface area contributed by atoms with Crippen LogP contribution in [0.2, 0.25) is 0 Å². The Kier molecular flexibility index (Phi) is 3.87. The number of anilines is 1. The van der Waals surface area contributed by atoms with Crippen LogP contribution in [0.15, 0.2) is 35.2 Å². The quantitative estimate of drug-likeness (QED) is 0.519. The van der Waals surface area contributed by atoms with E-state index in [1.165, 1.54) is 6.39 Å². The zero-order valence-corrected chi connectivity index (χ0v) is 9.59. The highest BCUT2D eigenvalue weighted by Gasteiger charge is 2.05. The molecule has 4 N–H and O–H groups in total. The molecular formula is C11H13N5O2. The summed E-state index contributed by atoms with van der Waals surface area (Å²) in [7, 11) is 0. The van der Waals surface area contributed by atoms with Gasteiger partial charge in [0.2, 0.25) is 6.39 Å². The summed E-state index contributed by atoms with van der Waals surface area (Å²) in [6.45, 7) is 0.454. The van der Waals surface area contributed by atoms with Crippen molar-refractivity contribution in [3.8, 4) is 0 Å². The van der Waals surface area contributed by atoms with Gasteiger partial charge in [0, 0.05) is 24.2 Å². The zero-order valence-electron chi connectivity index (χ0n) is 9.59. The van der Waals surface area contributed by atoms with Gasteiger partial charge in [-0.1, -0.05) is 5.16 Å². The minimum absolute atomic E-state index is 0.151. The van der Waals surface area contributed by atoms with Crippen LogP contribution < -0.4 is 16.6 Å². The SMILES string of the molecule is NNc1ccc(C(=O)NCCc2ncon2)cc1. The Morgan fingerprint density at radius 1 is 1.33 bits per heavy atom. The number of hydrogen-bond donors (Lipinski definition) is 3. The fourth-order valence-electron chi connectivity index (χ4n) is 1.41. The predicted octanol–water partition coefficient (Wildman–Crippen LogP) is 0.328. The van der Waals surface area contributed by atoms with Gasteiger partial charge in [-0.15, -0.1) is 0 Å². The Balaban J connectivity index is 1.83. The molecule has 0 unspecified atom stereocenters. The van der Waals surface area contributed by atoms with Gasteiger partial charge in [-0.05, 0) is 24.3 Å². The lowest BCUT2D eigenvalue weighted by molar-refractivity contribution is 0.0954. The maximum absolute atomic E-state index is 11.7. The van der Waals surface area contributed by atoms with Crippen LogP contribution in [-0.2, 0) is 6.42 Å². The van der Waals surface area contributed by atoms with Crippen LogP contribution in [0.4, 0.5) is 5.69 Å². The largest absolute Gasteiger partial charge is 0.352 e. The third kappa shape index (κ3) is 3.05. The molecule has 1 heterocycles. The minimum atomic E-state index is -0.151. The molecule has 2 rings (SSSR count). The molecule has 0 fully saturated rings. The van der Waals surface area contributed by atoms with Crippen molar-refractivity contribution >= 4 is 11.6 Å². The molecule has 0 aliphatic carbocycles. The van der Waals surface area contributed by atoms with Crippen molar-refractivity contribution in [3.63, 3.8) is 0 Å². The second-order valence-electron chi connectivity index (χ2n) is 3.58. The maximum atomic E-state index is 11.7. The number of hydrogen-bond acceptors (Lipinski definition) is 6. The van der Waals surface area contributed by atoms with Gasteiger partial charge in [-0.25, -0.2) is 0 Å². The molecule has 7 heteroatoms. The highest BCUT2D eigenvalue weighted by Crippen LogP contribution is 2.07. The summed E-state index contributed by atoms with van der Waals surface area (Å²) in [4.78, 5) is 15.6. The number of rotatable bonds is 5. The van der Waals surface area contributed by atoms with Crippen LogP contribution >= 0.6 is 0 Å². The third-order valence-electron chi connectivity index (χ3n) is 2.35. The second-order valence-corrected chi connectivity index (χ2v) is 3.58. The standard InChI is InChI=1S/C11H13N5O2/c12-15-9-3-1-8(2-4-9)11(17)13-6-5-10-14-7-18-16-10/h1-4,7,15H,5-6,12H2,(H,13,17). The third-order valence-corrected chi connectivity index (χ3v) is 2.35. The average Bonchev–Trinajstić information content (AvgIpc) is 2.92. The van der Waals surface area contributed by atoms with Crippen LogP contribution in [0, 0.1) is 0 Å². The number of nitrogens with one attached hydrogen (secondary N) is 2. The first-order valence-corrected chi connectivity index (χ1v) is 5.39. The monoisotopic (exact) mass is 247 g/mol. The molecule has 0 aliphatic heterocycles. The van der Waals surface area contributed by atoms with Gasteiger partial charge >= 0.3 is 0 Å². The average molecular weight is 247 g/mol. The van der Waals surface area contributed by atoms with Gasteiger partial charge in [0.15, 0.2) is 5.82 Å². The Bertz CT molecular complexity index is 495. The van der Waals surface area contributed by atoms with Crippen molar-refractivity contribution in [2.24, 2.45) is 5.84 Å². The molecule has 7 nitrogen and oxygen atoms in total. The molecule has 0 saturated heterocycles. The summed E-state index contributed by atoms with van der Waals surface area (Å²) >= 11 is 0. The fourth-order valence-corrected chi connectivity index (χ4v) is 1.41. The van der Waals surface area contributed by atoms with Gasteiger partial charge in [-0.3, -0.25) is 10.6 Å². The van der Waals surface area contributed by atoms with E-state index in [1.54, 1.807) is 24.3 Å². The summed E-state index contributed by atoms with van der Waals surface area (Å²) in [5.74, 6) is 5.65. The summed E-state index contributed by atoms with van der Waals surface area (Å²) in [5, 5.41) is 6.41. The van der Waals surface area contributed by atoms with E-state index in [9.17, 15) is 4.79 Å². The van der Waals surface area contributed by atoms with Crippen molar-refractivity contribution in [2.45, 2.75) is 6.42 Å². The van der Waals surface area contributed by atoms with Crippen LogP contribution in [-0.4, -0.2) is 22.6 Å². The molecule has 18 heavy (non-hydrogen) atoms. The second kappa shape index (κ2) is 5.78. The Labute approximate surface area is 103 Å². The molecule has 0 bridgehead atoms. The van der Waals surface area contributed by atoms with E-state index < -0.39 is 0 Å². The first-order valence-electron chi connectivity index (χ1n) is 5.39. The van der Waals surface area contributed by atoms with E-state index in [2.05, 4.69) is 25.4 Å². The summed E-state index contributed by atoms with van der Waals surface area (Å²) in [6, 6.07) is 6.85. The Morgan fingerprint density at radius 3 is 2.72 bits per heavy atom. The number of nitrogen functional groups attached to an aromatic ring is 1. The fraction of sp³-hybridized carbons (Fsp3) is 0.182. The molecule has 0 atom stereocenters. The van der Waals surface area contributed by atoms with Gasteiger partial charge in [0.25, 0.3) is 5.91 Å². The van der Waals surface area contributed by atoms with E-state index in [-0.39, 0.29) is 5.91 Å². The van der Waals surface area contributed by atoms with Gasteiger partial charge in [0.1, 0.15) is 0 Å². The topological polar surface area (TPSA) is 106 Å². The van der Waals surface area contributed by atoms with Crippen molar-refractivity contribution in [1.29, 1.82) is 0 Å². The first-order chi connectivity index (χ1) is 8.79. The van der Waals surface area contributed by atoms with E-state index in [0.717, 1.165) is 5.69 Å². The normalized spacial score (nSPS) is 10.1. The number of amides is 1. The number of benzene rings is 1. The van der Waals surface area contributed by atoms with Crippen LogP contribution in [0.3, 0.4) is 0 Å². The van der Waals surface area contributed by atoms with E-state index >= 15 is 0 Å². The number of hydrazine groups is 1. The maximum Gasteiger partial charge on any atom is 0.251 e. The Morgan fingerprint density at radius 2 is 2.11 bits per heavy atom. The van der Waals surface area contributed by atoms with Gasteiger partial charge in [0.05, 0.1) is 0 Å². The smallest absolute Gasteiger partial charge is 0.251 e. The summed E-state index contributed by atoms with van der Waals surface area (Å²) in [6.07, 6.45) is 1.79. The van der Waals surface area contributed by atoms with Gasteiger partial charge in [-0.2, -0.15) is 4.98 Å².